The number of hydrogen-bond donors (Lipinski definition) is 0. The van der Waals surface area contributed by atoms with E-state index in [0.717, 1.165) is 0 Å². The highest BCUT2D eigenvalue weighted by Crippen LogP contribution is 2.29. The Morgan fingerprint density at radius 2 is 1.75 bits per heavy atom. The Bertz CT molecular complexity index is 726. The highest BCUT2D eigenvalue weighted by atomic mass is 33.2. The number of Topliss-reactive ketones (excluding diaryl/α,β-unsaturated/α-hetero) is 1. The van der Waals surface area contributed by atoms with Crippen molar-refractivity contribution in [3.05, 3.63) is 29.8 Å². The van der Waals surface area contributed by atoms with Gasteiger partial charge in [0.05, 0.1) is 6.26 Å². The van der Waals surface area contributed by atoms with Gasteiger partial charge in [-0.15, -0.1) is 4.79 Å². The summed E-state index contributed by atoms with van der Waals surface area (Å²) in [5.41, 5.74) is 7.96. The van der Waals surface area contributed by atoms with Crippen molar-refractivity contribution in [1.29, 1.82) is 0 Å². The fraction of sp³-hybridized carbons (Fsp3) is 0.455. The monoisotopic (exact) mass is 318 g/mol. The molecule has 1 aliphatic carbocycles. The lowest BCUT2D eigenvalue weighted by Crippen LogP contribution is -2.33. The van der Waals surface area contributed by atoms with Crippen molar-refractivity contribution in [3.8, 4) is 0 Å². The van der Waals surface area contributed by atoms with Crippen LogP contribution in [0.15, 0.2) is 24.3 Å². The van der Waals surface area contributed by atoms with E-state index in [2.05, 4.69) is 4.79 Å². The molecule has 0 fully saturated rings. The minimum absolute atomic E-state index is 0.311. The van der Waals surface area contributed by atoms with Crippen LogP contribution in [-0.2, 0) is 22.5 Å². The number of hydrogen-bond acceptors (Lipinski definition) is 5. The average Bonchev–Trinajstić information content (AvgIpc) is 2.27. The van der Waals surface area contributed by atoms with Crippen molar-refractivity contribution in [1.82, 2.24) is 0 Å². The van der Waals surface area contributed by atoms with E-state index in [1.165, 1.54) is 0 Å². The van der Waals surface area contributed by atoms with Gasteiger partial charge in [0.25, 0.3) is 14.7 Å². The largest absolute Gasteiger partial charge is 0.462 e. The van der Waals surface area contributed by atoms with Crippen LogP contribution in [-0.4, -0.2) is 38.7 Å². The Labute approximate surface area is 116 Å². The molecule has 0 unspecified atom stereocenters. The Balaban J connectivity index is 3.15. The summed E-state index contributed by atoms with van der Waals surface area (Å²) in [6, 6.07) is 0. The van der Waals surface area contributed by atoms with Gasteiger partial charge >= 0.3 is 13.9 Å². The third-order valence-corrected chi connectivity index (χ3v) is 7.22. The lowest BCUT2D eigenvalue weighted by Gasteiger charge is -2.22. The van der Waals surface area contributed by atoms with E-state index < -0.39 is 34.0 Å². The van der Waals surface area contributed by atoms with E-state index in [0.29, 0.717) is 12.7 Å². The first-order chi connectivity index (χ1) is 9.03. The molecule has 20 heavy (non-hydrogen) atoms. The van der Waals surface area contributed by atoms with E-state index >= 15 is 0 Å². The second kappa shape index (κ2) is 5.43. The lowest BCUT2D eigenvalue weighted by molar-refractivity contribution is -0.117. The smallest absolute Gasteiger partial charge is 0.360 e. The molecular formula is C11H14N2O5S2. The Morgan fingerprint density at radius 1 is 1.25 bits per heavy atom. The van der Waals surface area contributed by atoms with Gasteiger partial charge in [-0.1, -0.05) is 31.2 Å². The zero-order valence-electron chi connectivity index (χ0n) is 11.0. The van der Waals surface area contributed by atoms with E-state index in [4.69, 9.17) is 5.53 Å². The van der Waals surface area contributed by atoms with Gasteiger partial charge in [-0.3, -0.25) is 4.79 Å². The third-order valence-electron chi connectivity index (χ3n) is 2.78. The van der Waals surface area contributed by atoms with Gasteiger partial charge in [-0.25, -0.2) is 8.42 Å². The summed E-state index contributed by atoms with van der Waals surface area (Å²) in [4.78, 5) is 14.3. The van der Waals surface area contributed by atoms with Gasteiger partial charge in [-0.05, 0) is 6.42 Å². The zero-order valence-corrected chi connectivity index (χ0v) is 12.6. The molecule has 0 bridgehead atoms. The minimum atomic E-state index is -4.99. The van der Waals surface area contributed by atoms with Gasteiger partial charge in [0.1, 0.15) is 0 Å². The number of carbonyl (C=O) groups is 1. The van der Waals surface area contributed by atoms with Crippen LogP contribution in [0.5, 0.6) is 0 Å². The minimum Gasteiger partial charge on any atom is -0.360 e. The van der Waals surface area contributed by atoms with Crippen LogP contribution in [0, 0.1) is 5.41 Å². The molecule has 0 heterocycles. The summed E-state index contributed by atoms with van der Waals surface area (Å²) in [6.45, 7) is 1.68. The first-order valence-corrected chi connectivity index (χ1v) is 9.48. The molecule has 1 rings (SSSR count). The molecule has 0 aromatic heterocycles. The number of carbonyl (C=O) groups excluding carboxylic acids is 1. The normalized spacial score (nSPS) is 17.5. The van der Waals surface area contributed by atoms with Crippen LogP contribution in [0.3, 0.4) is 0 Å². The molecule has 0 spiro atoms. The third kappa shape index (κ3) is 3.30. The molecule has 0 aromatic rings. The molecule has 0 saturated heterocycles. The van der Waals surface area contributed by atoms with E-state index in [1.54, 1.807) is 31.2 Å². The first-order valence-electron chi connectivity index (χ1n) is 5.59. The number of nitrogens with zero attached hydrogens (tertiary/aromatic N) is 2. The molecule has 0 radical (unpaired) electrons. The highest BCUT2D eigenvalue weighted by molar-refractivity contribution is 8.73. The second-order valence-electron chi connectivity index (χ2n) is 4.71. The maximum atomic E-state index is 11.9. The Kier molecular flexibility index (Phi) is 4.48. The van der Waals surface area contributed by atoms with Gasteiger partial charge in [0.2, 0.25) is 0 Å². The van der Waals surface area contributed by atoms with Gasteiger partial charge in [0.15, 0.2) is 0 Å². The predicted octanol–water partition coefficient (Wildman–Crippen LogP) is 0.471. The SMILES string of the molecule is CC1(CC(=O)C(=[N+]=[N-])S(=O)(=O)S(C)(=O)=O)C=CCC=C1. The van der Waals surface area contributed by atoms with Crippen molar-refractivity contribution < 1.29 is 26.4 Å². The molecule has 1 aliphatic rings. The van der Waals surface area contributed by atoms with Crippen LogP contribution in [0.2, 0.25) is 0 Å². The maximum Gasteiger partial charge on any atom is 0.462 e. The molecule has 0 aliphatic heterocycles. The summed E-state index contributed by atoms with van der Waals surface area (Å²) < 4.78 is 45.6. The van der Waals surface area contributed by atoms with E-state index in [9.17, 15) is 21.6 Å². The van der Waals surface area contributed by atoms with Crippen molar-refractivity contribution in [3.63, 3.8) is 0 Å². The predicted molar refractivity (Wildman–Crippen MR) is 73.0 cm³/mol. The van der Waals surface area contributed by atoms with Gasteiger partial charge in [0, 0.05) is 11.8 Å². The molecule has 110 valence electrons. The van der Waals surface area contributed by atoms with E-state index in [1.807, 2.05) is 0 Å². The average molecular weight is 318 g/mol. The molecule has 0 N–H and O–H groups in total. The fourth-order valence-electron chi connectivity index (χ4n) is 1.74. The Hall–Kier alpha value is -1.57. The van der Waals surface area contributed by atoms with Crippen molar-refractivity contribution in [2.24, 2.45) is 5.41 Å². The van der Waals surface area contributed by atoms with Crippen molar-refractivity contribution in [2.75, 3.05) is 6.26 Å². The van der Waals surface area contributed by atoms with Crippen LogP contribution in [0.25, 0.3) is 5.53 Å². The summed E-state index contributed by atoms with van der Waals surface area (Å²) in [7, 11) is -9.59. The quantitative estimate of drug-likeness (QED) is 0.186. The van der Waals surface area contributed by atoms with E-state index in [-0.39, 0.29) is 6.42 Å². The van der Waals surface area contributed by atoms with Gasteiger partial charge in [-0.2, -0.15) is 8.42 Å². The number of ketones is 1. The highest BCUT2D eigenvalue weighted by Gasteiger charge is 2.45. The molecule has 7 nitrogen and oxygen atoms in total. The van der Waals surface area contributed by atoms with Crippen molar-refractivity contribution in [2.45, 2.75) is 19.8 Å². The van der Waals surface area contributed by atoms with Gasteiger partial charge < -0.3 is 5.53 Å². The number of rotatable bonds is 4. The molecule has 0 aromatic carbocycles. The standard InChI is InChI=1S/C11H14N2O5S2/c1-11(6-4-3-5-7-11)8-9(14)10(13-12)20(17,18)19(2,15)16/h4-7H,3,8H2,1-2H3. The second-order valence-corrected chi connectivity index (χ2v) is 10.5. The molecule has 0 saturated carbocycles. The zero-order chi connectivity index (χ0) is 15.6. The molecule has 0 amide bonds. The molecule has 0 atom stereocenters. The molecular weight excluding hydrogens is 304 g/mol. The van der Waals surface area contributed by atoms with Crippen LogP contribution in [0.1, 0.15) is 19.8 Å². The topological polar surface area (TPSA) is 122 Å². The fourth-order valence-corrected chi connectivity index (χ4v) is 3.71. The molecule has 9 heteroatoms. The number of allylic oxidation sites excluding steroid dienone is 4. The summed E-state index contributed by atoms with van der Waals surface area (Å²) in [5.74, 6) is -1.06. The summed E-state index contributed by atoms with van der Waals surface area (Å²) >= 11 is 0. The maximum absolute atomic E-state index is 11.9. The van der Waals surface area contributed by atoms with Crippen LogP contribution in [0.4, 0.5) is 0 Å². The van der Waals surface area contributed by atoms with Crippen molar-refractivity contribution >= 4 is 28.6 Å². The lowest BCUT2D eigenvalue weighted by atomic mass is 9.82. The summed E-state index contributed by atoms with van der Waals surface area (Å²) in [5, 5.41) is -1.35. The van der Waals surface area contributed by atoms with Crippen LogP contribution >= 0.6 is 0 Å². The van der Waals surface area contributed by atoms with Crippen LogP contribution < -0.4 is 0 Å². The first kappa shape index (κ1) is 16.5. The summed E-state index contributed by atoms with van der Waals surface area (Å²) in [6.07, 6.45) is 7.85. The Morgan fingerprint density at radius 3 is 2.15 bits per heavy atom.